The summed E-state index contributed by atoms with van der Waals surface area (Å²) in [6.07, 6.45) is 1.80. The van der Waals surface area contributed by atoms with Gasteiger partial charge in [-0.15, -0.1) is 0 Å². The molecule has 0 saturated carbocycles. The lowest BCUT2D eigenvalue weighted by Crippen LogP contribution is -2.19. The monoisotopic (exact) mass is 460 g/mol. The van der Waals surface area contributed by atoms with Crippen LogP contribution < -0.4 is 5.32 Å². The molecule has 1 amide bonds. The molecule has 4 rings (SSSR count). The number of nitrogens with zero attached hydrogens (tertiary/aromatic N) is 3. The summed E-state index contributed by atoms with van der Waals surface area (Å²) >= 11 is 3.57. The number of imidazole rings is 1. The summed E-state index contributed by atoms with van der Waals surface area (Å²) in [4.78, 5) is 21.9. The Balaban J connectivity index is 1.64. The lowest BCUT2D eigenvalue weighted by molar-refractivity contribution is -0.115. The number of aromatic nitrogens is 2. The first-order valence-corrected chi connectivity index (χ1v) is 9.46. The predicted octanol–water partition coefficient (Wildman–Crippen LogP) is 4.07. The third-order valence-corrected chi connectivity index (χ3v) is 5.42. The van der Waals surface area contributed by atoms with Crippen LogP contribution in [-0.2, 0) is 11.8 Å². The van der Waals surface area contributed by atoms with Gasteiger partial charge in [-0.05, 0) is 70.8 Å². The Morgan fingerprint density at radius 3 is 2.72 bits per heavy atom. The quantitative estimate of drug-likeness (QED) is 0.464. The van der Waals surface area contributed by atoms with Crippen LogP contribution in [0.2, 0.25) is 0 Å². The van der Waals surface area contributed by atoms with E-state index in [1.807, 2.05) is 60.1 Å². The Bertz CT molecular complexity index is 1040. The smallest absolute Gasteiger partial charge is 0.264 e. The number of benzene rings is 2. The minimum atomic E-state index is -0.152. The summed E-state index contributed by atoms with van der Waals surface area (Å²) in [6.45, 7) is 0. The first-order valence-electron chi connectivity index (χ1n) is 7.57. The van der Waals surface area contributed by atoms with Crippen molar-refractivity contribution in [3.05, 3.63) is 62.8 Å². The number of carbonyl (C=O) groups is 1. The molecule has 25 heavy (non-hydrogen) atoms. The van der Waals surface area contributed by atoms with E-state index in [2.05, 4.69) is 37.9 Å². The van der Waals surface area contributed by atoms with Gasteiger partial charge in [-0.2, -0.15) is 0 Å². The molecule has 0 radical (unpaired) electrons. The number of fused-ring (bicyclic) bond motifs is 1. The van der Waals surface area contributed by atoms with Crippen LogP contribution in [0.4, 0.5) is 5.69 Å². The van der Waals surface area contributed by atoms with E-state index in [1.165, 1.54) is 11.8 Å². The number of aryl methyl sites for hydroxylation is 1. The number of amides is 1. The molecule has 0 aliphatic carbocycles. The fourth-order valence-electron chi connectivity index (χ4n) is 2.52. The van der Waals surface area contributed by atoms with Gasteiger partial charge >= 0.3 is 0 Å². The molecule has 5 nitrogen and oxygen atoms in total. The molecule has 3 aromatic rings. The molecule has 1 aliphatic rings. The second-order valence-electron chi connectivity index (χ2n) is 5.48. The molecule has 1 saturated heterocycles. The summed E-state index contributed by atoms with van der Waals surface area (Å²) in [6, 6.07) is 15.7. The third kappa shape index (κ3) is 3.34. The van der Waals surface area contributed by atoms with E-state index in [1.54, 1.807) is 6.08 Å². The maximum atomic E-state index is 12.2. The fourth-order valence-corrected chi connectivity index (χ4v) is 3.69. The average Bonchev–Trinajstić information content (AvgIpc) is 3.11. The number of hydrogen-bond donors (Lipinski definition) is 1. The van der Waals surface area contributed by atoms with Gasteiger partial charge in [-0.1, -0.05) is 12.1 Å². The standard InChI is InChI=1S/C18H13IN4OS/c1-23-14-5-3-2-4-13(14)21-16(23)10-15-17(24)22-18(25-15)20-12-8-6-11(19)7-9-12/h2-10H,1H3,(H,20,22,24)/b15-10+. The Hall–Kier alpha value is -2.13. The van der Waals surface area contributed by atoms with Gasteiger partial charge < -0.3 is 9.88 Å². The molecule has 7 heteroatoms. The van der Waals surface area contributed by atoms with Gasteiger partial charge in [0.15, 0.2) is 5.17 Å². The Kier molecular flexibility index (Phi) is 4.34. The third-order valence-electron chi connectivity index (χ3n) is 3.79. The summed E-state index contributed by atoms with van der Waals surface area (Å²) < 4.78 is 3.12. The van der Waals surface area contributed by atoms with E-state index >= 15 is 0 Å². The number of carbonyl (C=O) groups excluding carboxylic acids is 1. The highest BCUT2D eigenvalue weighted by Crippen LogP contribution is 2.28. The van der Waals surface area contributed by atoms with Gasteiger partial charge in [0.25, 0.3) is 5.91 Å². The topological polar surface area (TPSA) is 59.3 Å². The van der Waals surface area contributed by atoms with Crippen molar-refractivity contribution in [2.75, 3.05) is 0 Å². The van der Waals surface area contributed by atoms with Crippen molar-refractivity contribution in [1.82, 2.24) is 14.9 Å². The molecule has 0 unspecified atom stereocenters. The maximum Gasteiger partial charge on any atom is 0.264 e. The molecule has 1 fully saturated rings. The van der Waals surface area contributed by atoms with Crippen molar-refractivity contribution >= 4 is 68.2 Å². The lowest BCUT2D eigenvalue weighted by atomic mass is 10.3. The Labute approximate surface area is 162 Å². The number of amidine groups is 1. The van der Waals surface area contributed by atoms with Gasteiger partial charge in [-0.3, -0.25) is 4.79 Å². The highest BCUT2D eigenvalue weighted by molar-refractivity contribution is 14.1. The van der Waals surface area contributed by atoms with Gasteiger partial charge in [0.1, 0.15) is 5.82 Å². The zero-order valence-electron chi connectivity index (χ0n) is 13.2. The zero-order chi connectivity index (χ0) is 17.4. The summed E-state index contributed by atoms with van der Waals surface area (Å²) in [5.74, 6) is 0.593. The van der Waals surface area contributed by atoms with Crippen LogP contribution in [0.25, 0.3) is 17.1 Å². The van der Waals surface area contributed by atoms with E-state index in [9.17, 15) is 4.79 Å². The number of aliphatic imine (C=N–C) groups is 1. The minimum Gasteiger partial charge on any atom is -0.328 e. The molecule has 1 N–H and O–H groups in total. The zero-order valence-corrected chi connectivity index (χ0v) is 16.2. The maximum absolute atomic E-state index is 12.2. The second-order valence-corrected chi connectivity index (χ2v) is 7.75. The van der Waals surface area contributed by atoms with Crippen molar-refractivity contribution in [1.29, 1.82) is 0 Å². The van der Waals surface area contributed by atoms with Crippen LogP contribution in [0.15, 0.2) is 58.4 Å². The van der Waals surface area contributed by atoms with Crippen molar-refractivity contribution in [3.8, 4) is 0 Å². The van der Waals surface area contributed by atoms with Crippen LogP contribution in [-0.4, -0.2) is 20.6 Å². The van der Waals surface area contributed by atoms with E-state index in [4.69, 9.17) is 0 Å². The van der Waals surface area contributed by atoms with Crippen LogP contribution in [0.5, 0.6) is 0 Å². The molecular formula is C18H13IN4OS. The highest BCUT2D eigenvalue weighted by atomic mass is 127. The van der Waals surface area contributed by atoms with Gasteiger partial charge in [0.05, 0.1) is 21.6 Å². The molecule has 124 valence electrons. The van der Waals surface area contributed by atoms with Crippen LogP contribution in [0.1, 0.15) is 5.82 Å². The first kappa shape index (κ1) is 16.3. The molecule has 0 atom stereocenters. The highest BCUT2D eigenvalue weighted by Gasteiger charge is 2.24. The normalized spacial score (nSPS) is 17.6. The molecule has 0 bridgehead atoms. The predicted molar refractivity (Wildman–Crippen MR) is 111 cm³/mol. The molecule has 1 aliphatic heterocycles. The van der Waals surface area contributed by atoms with Gasteiger partial charge in [-0.25, -0.2) is 9.98 Å². The Morgan fingerprint density at radius 1 is 1.20 bits per heavy atom. The fraction of sp³-hybridized carbons (Fsp3) is 0.0556. The van der Waals surface area contributed by atoms with Gasteiger partial charge in [0.2, 0.25) is 0 Å². The van der Waals surface area contributed by atoms with Gasteiger partial charge in [0, 0.05) is 16.7 Å². The number of nitrogens with one attached hydrogen (secondary N) is 1. The number of thioether (sulfide) groups is 1. The van der Waals surface area contributed by atoms with E-state index in [0.29, 0.717) is 10.1 Å². The second kappa shape index (κ2) is 6.64. The molecule has 2 heterocycles. The lowest BCUT2D eigenvalue weighted by Gasteiger charge is -1.97. The van der Waals surface area contributed by atoms with E-state index < -0.39 is 0 Å². The van der Waals surface area contributed by atoms with E-state index in [0.717, 1.165) is 26.1 Å². The Morgan fingerprint density at radius 2 is 1.96 bits per heavy atom. The van der Waals surface area contributed by atoms with E-state index in [-0.39, 0.29) is 5.91 Å². The van der Waals surface area contributed by atoms with Crippen molar-refractivity contribution < 1.29 is 4.79 Å². The molecular weight excluding hydrogens is 447 g/mol. The summed E-state index contributed by atoms with van der Waals surface area (Å²) in [7, 11) is 1.94. The first-order chi connectivity index (χ1) is 12.1. The average molecular weight is 460 g/mol. The summed E-state index contributed by atoms with van der Waals surface area (Å²) in [5.41, 5.74) is 2.76. The number of rotatable bonds is 2. The van der Waals surface area contributed by atoms with Crippen LogP contribution in [0, 0.1) is 3.57 Å². The van der Waals surface area contributed by atoms with Crippen molar-refractivity contribution in [3.63, 3.8) is 0 Å². The number of para-hydroxylation sites is 2. The number of halogens is 1. The minimum absolute atomic E-state index is 0.152. The van der Waals surface area contributed by atoms with Crippen molar-refractivity contribution in [2.45, 2.75) is 0 Å². The molecule has 2 aromatic carbocycles. The van der Waals surface area contributed by atoms with Crippen LogP contribution in [0.3, 0.4) is 0 Å². The summed E-state index contributed by atoms with van der Waals surface area (Å²) in [5, 5.41) is 3.39. The largest absolute Gasteiger partial charge is 0.328 e. The molecule has 1 aromatic heterocycles. The van der Waals surface area contributed by atoms with Crippen molar-refractivity contribution in [2.24, 2.45) is 12.0 Å². The molecule has 0 spiro atoms. The SMILES string of the molecule is Cn1c(/C=C2/SC(=Nc3ccc(I)cc3)NC2=O)nc2ccccc21. The van der Waals surface area contributed by atoms with Crippen LogP contribution >= 0.6 is 34.4 Å². The number of hydrogen-bond acceptors (Lipinski definition) is 4.